The molecule has 5 aromatic rings. The highest BCUT2D eigenvalue weighted by atomic mass is 32.2. The number of thioether (sulfide) groups is 1. The lowest BCUT2D eigenvalue weighted by molar-refractivity contribution is -0.121. The van der Waals surface area contributed by atoms with E-state index in [1.54, 1.807) is 11.0 Å². The molecule has 1 amide bonds. The fourth-order valence-corrected chi connectivity index (χ4v) is 5.91. The molecule has 0 bridgehead atoms. The third-order valence-corrected chi connectivity index (χ3v) is 8.01. The SMILES string of the molecule is C=CCN1C(=O)/C(=C/c2cn(-c3ccccc3)nc2-c2ccc(OCc3cccc4ccccc34)cc2)SC1=S. The van der Waals surface area contributed by atoms with Gasteiger partial charge in [0.1, 0.15) is 16.7 Å². The van der Waals surface area contributed by atoms with Gasteiger partial charge in [0.2, 0.25) is 0 Å². The summed E-state index contributed by atoms with van der Waals surface area (Å²) in [6, 6.07) is 32.4. The highest BCUT2D eigenvalue weighted by Crippen LogP contribution is 2.35. The van der Waals surface area contributed by atoms with Gasteiger partial charge in [-0.15, -0.1) is 6.58 Å². The molecule has 0 unspecified atom stereocenters. The second-order valence-electron chi connectivity index (χ2n) is 9.25. The monoisotopic (exact) mass is 559 g/mol. The molecular formula is C33H25N3O2S2. The number of carbonyl (C=O) groups is 1. The van der Waals surface area contributed by atoms with E-state index >= 15 is 0 Å². The van der Waals surface area contributed by atoms with Gasteiger partial charge in [-0.05, 0) is 58.8 Å². The minimum Gasteiger partial charge on any atom is -0.489 e. The van der Waals surface area contributed by atoms with Crippen molar-refractivity contribution >= 4 is 51.1 Å². The van der Waals surface area contributed by atoms with Crippen molar-refractivity contribution in [1.82, 2.24) is 14.7 Å². The van der Waals surface area contributed by atoms with Crippen molar-refractivity contribution in [2.24, 2.45) is 0 Å². The van der Waals surface area contributed by atoms with Crippen LogP contribution in [0.25, 0.3) is 33.8 Å². The average Bonchev–Trinajstić information content (AvgIpc) is 3.53. The summed E-state index contributed by atoms with van der Waals surface area (Å²) in [7, 11) is 0. The van der Waals surface area contributed by atoms with Crippen LogP contribution in [0.4, 0.5) is 0 Å². The molecule has 2 heterocycles. The van der Waals surface area contributed by atoms with Gasteiger partial charge >= 0.3 is 0 Å². The number of hydrogen-bond donors (Lipinski definition) is 0. The molecule has 1 aliphatic heterocycles. The largest absolute Gasteiger partial charge is 0.489 e. The minimum absolute atomic E-state index is 0.120. The molecule has 40 heavy (non-hydrogen) atoms. The Kier molecular flexibility index (Phi) is 7.31. The van der Waals surface area contributed by atoms with Crippen LogP contribution in [0, 0.1) is 0 Å². The van der Waals surface area contributed by atoms with Gasteiger partial charge in [0.05, 0.1) is 16.3 Å². The van der Waals surface area contributed by atoms with Crippen LogP contribution < -0.4 is 4.74 Å². The second-order valence-corrected chi connectivity index (χ2v) is 10.9. The van der Waals surface area contributed by atoms with Crippen molar-refractivity contribution < 1.29 is 9.53 Å². The van der Waals surface area contributed by atoms with Gasteiger partial charge in [-0.25, -0.2) is 4.68 Å². The van der Waals surface area contributed by atoms with E-state index in [0.29, 0.717) is 22.4 Å². The van der Waals surface area contributed by atoms with Gasteiger partial charge in [0.15, 0.2) is 0 Å². The molecule has 0 atom stereocenters. The Labute approximate surface area is 242 Å². The maximum absolute atomic E-state index is 13.0. The predicted octanol–water partition coefficient (Wildman–Crippen LogP) is 7.66. The number of thiocarbonyl (C=S) groups is 1. The summed E-state index contributed by atoms with van der Waals surface area (Å²) in [5.74, 6) is 0.650. The highest BCUT2D eigenvalue weighted by Gasteiger charge is 2.31. The molecule has 0 N–H and O–H groups in total. The van der Waals surface area contributed by atoms with E-state index in [9.17, 15) is 4.79 Å². The summed E-state index contributed by atoms with van der Waals surface area (Å²) < 4.78 is 8.51. The number of ether oxygens (including phenoxy) is 1. The Bertz CT molecular complexity index is 1750. The van der Waals surface area contributed by atoms with E-state index in [4.69, 9.17) is 22.1 Å². The zero-order chi connectivity index (χ0) is 27.5. The van der Waals surface area contributed by atoms with Gasteiger partial charge in [0.25, 0.3) is 5.91 Å². The lowest BCUT2D eigenvalue weighted by Gasteiger charge is -2.10. The van der Waals surface area contributed by atoms with E-state index in [1.807, 2.05) is 83.7 Å². The Balaban J connectivity index is 1.30. The summed E-state index contributed by atoms with van der Waals surface area (Å²) in [4.78, 5) is 15.1. The number of hydrogen-bond acceptors (Lipinski definition) is 5. The molecule has 0 spiro atoms. The standard InChI is InChI=1S/C33H25N3O2S2/c1-2-19-35-32(37)30(40-33(35)39)20-26-21-36(27-12-4-3-5-13-27)34-31(26)24-15-17-28(18-16-24)38-22-25-11-8-10-23-9-6-7-14-29(23)25/h2-18,20-21H,1,19,22H2/b30-20-. The molecule has 0 radical (unpaired) electrons. The molecule has 5 nitrogen and oxygen atoms in total. The molecule has 7 heteroatoms. The van der Waals surface area contributed by atoms with E-state index < -0.39 is 0 Å². The molecule has 196 valence electrons. The first kappa shape index (κ1) is 25.8. The first-order chi connectivity index (χ1) is 19.6. The van der Waals surface area contributed by atoms with Crippen LogP contribution in [-0.4, -0.2) is 31.5 Å². The fourth-order valence-electron chi connectivity index (χ4n) is 4.65. The van der Waals surface area contributed by atoms with E-state index in [1.165, 1.54) is 22.5 Å². The van der Waals surface area contributed by atoms with Crippen molar-refractivity contribution in [2.75, 3.05) is 6.54 Å². The van der Waals surface area contributed by atoms with Crippen LogP contribution >= 0.6 is 24.0 Å². The summed E-state index contributed by atoms with van der Waals surface area (Å²) in [6.45, 7) is 4.60. The third-order valence-electron chi connectivity index (χ3n) is 6.64. The lowest BCUT2D eigenvalue weighted by atomic mass is 10.1. The number of benzene rings is 4. The van der Waals surface area contributed by atoms with Crippen LogP contribution in [0.2, 0.25) is 0 Å². The smallest absolute Gasteiger partial charge is 0.266 e. The Morgan fingerprint density at radius 1 is 0.925 bits per heavy atom. The second kappa shape index (κ2) is 11.3. The molecule has 0 saturated carbocycles. The minimum atomic E-state index is -0.120. The Morgan fingerprint density at radius 3 is 2.48 bits per heavy atom. The first-order valence-corrected chi connectivity index (χ1v) is 14.0. The Hall–Kier alpha value is -4.46. The van der Waals surface area contributed by atoms with Crippen LogP contribution in [0.3, 0.4) is 0 Å². The number of para-hydroxylation sites is 1. The first-order valence-electron chi connectivity index (χ1n) is 12.8. The lowest BCUT2D eigenvalue weighted by Crippen LogP contribution is -2.27. The molecule has 4 aromatic carbocycles. The van der Waals surface area contributed by atoms with Gasteiger partial charge in [-0.1, -0.05) is 90.7 Å². The quantitative estimate of drug-likeness (QED) is 0.111. The van der Waals surface area contributed by atoms with Crippen molar-refractivity contribution in [3.63, 3.8) is 0 Å². The Morgan fingerprint density at radius 2 is 1.68 bits per heavy atom. The van der Waals surface area contributed by atoms with Crippen LogP contribution in [0.5, 0.6) is 5.75 Å². The normalized spacial score (nSPS) is 14.3. The number of rotatable bonds is 8. The summed E-state index contributed by atoms with van der Waals surface area (Å²) in [5.41, 5.74) is 4.57. The molecule has 1 fully saturated rings. The number of amides is 1. The highest BCUT2D eigenvalue weighted by molar-refractivity contribution is 8.26. The van der Waals surface area contributed by atoms with Gasteiger partial charge in [-0.3, -0.25) is 9.69 Å². The summed E-state index contributed by atoms with van der Waals surface area (Å²) in [5, 5.41) is 7.28. The van der Waals surface area contributed by atoms with Crippen LogP contribution in [0.15, 0.2) is 121 Å². The number of nitrogens with zero attached hydrogens (tertiary/aromatic N) is 3. The molecule has 1 aromatic heterocycles. The molecule has 0 aliphatic carbocycles. The van der Waals surface area contributed by atoms with Crippen molar-refractivity contribution in [1.29, 1.82) is 0 Å². The fraction of sp³-hybridized carbons (Fsp3) is 0.0606. The van der Waals surface area contributed by atoms with Gasteiger partial charge < -0.3 is 4.74 Å². The average molecular weight is 560 g/mol. The van der Waals surface area contributed by atoms with Crippen molar-refractivity contribution in [3.05, 3.63) is 132 Å². The van der Waals surface area contributed by atoms with Gasteiger partial charge in [-0.2, -0.15) is 5.10 Å². The zero-order valence-electron chi connectivity index (χ0n) is 21.6. The number of fused-ring (bicyclic) bond motifs is 1. The predicted molar refractivity (Wildman–Crippen MR) is 167 cm³/mol. The molecule has 6 rings (SSSR count). The van der Waals surface area contributed by atoms with E-state index in [2.05, 4.69) is 36.9 Å². The molecule has 1 saturated heterocycles. The van der Waals surface area contributed by atoms with Crippen LogP contribution in [0.1, 0.15) is 11.1 Å². The number of carbonyl (C=O) groups excluding carboxylic acids is 1. The van der Waals surface area contributed by atoms with E-state index in [0.717, 1.165) is 33.8 Å². The zero-order valence-corrected chi connectivity index (χ0v) is 23.2. The maximum atomic E-state index is 13.0. The molecular weight excluding hydrogens is 535 g/mol. The van der Waals surface area contributed by atoms with Gasteiger partial charge in [0, 0.05) is 23.9 Å². The van der Waals surface area contributed by atoms with Crippen LogP contribution in [-0.2, 0) is 11.4 Å². The topological polar surface area (TPSA) is 47.4 Å². The summed E-state index contributed by atoms with van der Waals surface area (Å²) in [6.07, 6.45) is 5.49. The summed E-state index contributed by atoms with van der Waals surface area (Å²) >= 11 is 6.73. The van der Waals surface area contributed by atoms with Crippen molar-refractivity contribution in [3.8, 4) is 22.7 Å². The van der Waals surface area contributed by atoms with Crippen molar-refractivity contribution in [2.45, 2.75) is 6.61 Å². The maximum Gasteiger partial charge on any atom is 0.266 e. The number of aromatic nitrogens is 2. The third kappa shape index (κ3) is 5.21. The van der Waals surface area contributed by atoms with E-state index in [-0.39, 0.29) is 5.91 Å². The molecule has 1 aliphatic rings.